The summed E-state index contributed by atoms with van der Waals surface area (Å²) in [6, 6.07) is 20.3. The molecule has 2 aromatic carbocycles. The third-order valence-corrected chi connectivity index (χ3v) is 5.69. The van der Waals surface area contributed by atoms with Crippen LogP contribution in [0.1, 0.15) is 29.2 Å². The molecule has 0 unspecified atom stereocenters. The molecule has 108 valence electrons. The molecule has 0 bridgehead atoms. The normalized spacial score (nSPS) is 25.2. The number of amidine groups is 1. The van der Waals surface area contributed by atoms with Gasteiger partial charge in [-0.05, 0) is 29.5 Å². The molecule has 0 radical (unpaired) electrons. The molecule has 0 amide bonds. The van der Waals surface area contributed by atoms with Gasteiger partial charge < -0.3 is 4.90 Å². The highest BCUT2D eigenvalue weighted by Crippen LogP contribution is 2.48. The number of rotatable bonds is 1. The van der Waals surface area contributed by atoms with Crippen molar-refractivity contribution in [2.75, 3.05) is 0 Å². The molecule has 0 saturated heterocycles. The summed E-state index contributed by atoms with van der Waals surface area (Å²) in [5.74, 6) is 0. The number of aryl methyl sites for hydroxylation is 1. The number of aliphatic imine (C=N–C) groups is 1. The highest BCUT2D eigenvalue weighted by atomic mass is 32.2. The van der Waals surface area contributed by atoms with Gasteiger partial charge in [0.1, 0.15) is 0 Å². The van der Waals surface area contributed by atoms with Crippen LogP contribution in [0.3, 0.4) is 0 Å². The van der Waals surface area contributed by atoms with E-state index in [9.17, 15) is 0 Å². The summed E-state index contributed by atoms with van der Waals surface area (Å²) in [6.07, 6.45) is 2.34. The minimum absolute atomic E-state index is 0.305. The molecule has 2 heterocycles. The van der Waals surface area contributed by atoms with Gasteiger partial charge in [0.05, 0.1) is 17.8 Å². The maximum atomic E-state index is 5.04. The Bertz CT molecular complexity index is 794. The Hall–Kier alpha value is -2.00. The number of benzene rings is 2. The van der Waals surface area contributed by atoms with Crippen molar-refractivity contribution >= 4 is 22.6 Å². The van der Waals surface area contributed by atoms with Crippen molar-refractivity contribution < 1.29 is 0 Å². The van der Waals surface area contributed by atoms with E-state index in [2.05, 4.69) is 64.9 Å². The Morgan fingerprint density at radius 2 is 1.82 bits per heavy atom. The zero-order valence-corrected chi connectivity index (χ0v) is 13.0. The first-order valence-corrected chi connectivity index (χ1v) is 8.67. The van der Waals surface area contributed by atoms with E-state index in [0.29, 0.717) is 12.1 Å². The highest BCUT2D eigenvalue weighted by Gasteiger charge is 2.43. The van der Waals surface area contributed by atoms with Crippen molar-refractivity contribution in [3.05, 3.63) is 76.7 Å². The lowest BCUT2D eigenvalue weighted by atomic mass is 9.84. The average Bonchev–Trinajstić information content (AvgIpc) is 3.15. The van der Waals surface area contributed by atoms with Gasteiger partial charge in [0, 0.05) is 5.41 Å². The topological polar surface area (TPSA) is 15.6 Å². The fraction of sp³-hybridized carbons (Fsp3) is 0.211. The Balaban J connectivity index is 1.56. The number of fused-ring (bicyclic) bond motifs is 5. The van der Waals surface area contributed by atoms with Crippen LogP contribution in [0.25, 0.3) is 5.70 Å². The van der Waals surface area contributed by atoms with Gasteiger partial charge in [0.25, 0.3) is 0 Å². The molecular weight excluding hydrogens is 288 g/mol. The van der Waals surface area contributed by atoms with Gasteiger partial charge in [-0.25, -0.2) is 0 Å². The Morgan fingerprint density at radius 1 is 1.00 bits per heavy atom. The molecular formula is C19H16N2S. The Morgan fingerprint density at radius 3 is 2.73 bits per heavy atom. The molecule has 2 atom stereocenters. The first-order chi connectivity index (χ1) is 10.9. The quantitative estimate of drug-likeness (QED) is 0.773. The molecule has 3 heteroatoms. The Kier molecular flexibility index (Phi) is 2.71. The average molecular weight is 304 g/mol. The van der Waals surface area contributed by atoms with Gasteiger partial charge in [-0.3, -0.25) is 4.99 Å². The van der Waals surface area contributed by atoms with Gasteiger partial charge in [-0.1, -0.05) is 66.4 Å². The SMILES string of the molecule is C1=C(c2ccccc2)N2C(=N[C@H]3c4ccccc4CC[C@@H]32)S1. The lowest BCUT2D eigenvalue weighted by Crippen LogP contribution is -2.35. The highest BCUT2D eigenvalue weighted by molar-refractivity contribution is 8.16. The molecule has 2 aromatic rings. The number of thioether (sulfide) groups is 1. The molecule has 0 fully saturated rings. The third kappa shape index (κ3) is 1.72. The summed E-state index contributed by atoms with van der Waals surface area (Å²) >= 11 is 1.77. The minimum Gasteiger partial charge on any atom is -0.314 e. The van der Waals surface area contributed by atoms with Gasteiger partial charge >= 0.3 is 0 Å². The van der Waals surface area contributed by atoms with E-state index in [0.717, 1.165) is 6.42 Å². The Labute approximate surface area is 134 Å². The zero-order chi connectivity index (χ0) is 14.5. The summed E-state index contributed by atoms with van der Waals surface area (Å²) < 4.78 is 0. The first-order valence-electron chi connectivity index (χ1n) is 7.79. The second-order valence-corrected chi connectivity index (χ2v) is 6.85. The van der Waals surface area contributed by atoms with E-state index in [1.165, 1.54) is 34.0 Å². The smallest absolute Gasteiger partial charge is 0.169 e. The molecule has 0 aromatic heterocycles. The summed E-state index contributed by atoms with van der Waals surface area (Å²) in [5, 5.41) is 3.43. The van der Waals surface area contributed by atoms with Crippen molar-refractivity contribution in [3.8, 4) is 0 Å². The molecule has 5 rings (SSSR count). The lowest BCUT2D eigenvalue weighted by molar-refractivity contribution is 0.361. The fourth-order valence-electron chi connectivity index (χ4n) is 3.82. The van der Waals surface area contributed by atoms with E-state index >= 15 is 0 Å². The van der Waals surface area contributed by atoms with Gasteiger partial charge in [-0.2, -0.15) is 0 Å². The van der Waals surface area contributed by atoms with Crippen LogP contribution >= 0.6 is 11.8 Å². The minimum atomic E-state index is 0.305. The summed E-state index contributed by atoms with van der Waals surface area (Å²) in [4.78, 5) is 7.52. The van der Waals surface area contributed by atoms with Crippen LogP contribution in [0, 0.1) is 0 Å². The number of hydrogen-bond donors (Lipinski definition) is 0. The first kappa shape index (κ1) is 12.5. The maximum absolute atomic E-state index is 5.04. The van der Waals surface area contributed by atoms with Crippen molar-refractivity contribution in [1.82, 2.24) is 4.90 Å². The molecule has 2 nitrogen and oxygen atoms in total. The predicted molar refractivity (Wildman–Crippen MR) is 92.6 cm³/mol. The van der Waals surface area contributed by atoms with Crippen molar-refractivity contribution in [1.29, 1.82) is 0 Å². The van der Waals surface area contributed by atoms with Gasteiger partial charge in [-0.15, -0.1) is 0 Å². The summed E-state index contributed by atoms with van der Waals surface area (Å²) in [7, 11) is 0. The van der Waals surface area contributed by atoms with Gasteiger partial charge in [0.15, 0.2) is 5.17 Å². The van der Waals surface area contributed by atoms with Crippen LogP contribution in [-0.4, -0.2) is 16.1 Å². The van der Waals surface area contributed by atoms with Gasteiger partial charge in [0.2, 0.25) is 0 Å². The van der Waals surface area contributed by atoms with E-state index < -0.39 is 0 Å². The summed E-state index contributed by atoms with van der Waals surface area (Å²) in [5.41, 5.74) is 5.51. The fourth-order valence-corrected chi connectivity index (χ4v) is 4.81. The van der Waals surface area contributed by atoms with Crippen molar-refractivity contribution in [2.24, 2.45) is 4.99 Å². The van der Waals surface area contributed by atoms with Crippen LogP contribution in [0.2, 0.25) is 0 Å². The third-order valence-electron chi connectivity index (χ3n) is 4.84. The zero-order valence-electron chi connectivity index (χ0n) is 12.1. The van der Waals surface area contributed by atoms with Crippen LogP contribution in [0.15, 0.2) is 65.0 Å². The van der Waals surface area contributed by atoms with Crippen LogP contribution < -0.4 is 0 Å². The van der Waals surface area contributed by atoms with Crippen LogP contribution in [-0.2, 0) is 6.42 Å². The second-order valence-electron chi connectivity index (χ2n) is 6.02. The number of hydrogen-bond acceptors (Lipinski definition) is 3. The molecule has 1 aliphatic carbocycles. The van der Waals surface area contributed by atoms with Crippen LogP contribution in [0.5, 0.6) is 0 Å². The number of nitrogens with zero attached hydrogens (tertiary/aromatic N) is 2. The standard InChI is InChI=1S/C19H16N2S/c1-2-7-14(8-3-1)17-12-22-19-20-18-15-9-5-4-6-13(15)10-11-16(18)21(17)19/h1-9,12,16,18H,10-11H2/t16-,18-/m0/s1. The van der Waals surface area contributed by atoms with Crippen molar-refractivity contribution in [2.45, 2.75) is 24.9 Å². The van der Waals surface area contributed by atoms with Crippen molar-refractivity contribution in [3.63, 3.8) is 0 Å². The van der Waals surface area contributed by atoms with E-state index in [-0.39, 0.29) is 0 Å². The van der Waals surface area contributed by atoms with E-state index in [1.807, 2.05) is 0 Å². The van der Waals surface area contributed by atoms with E-state index in [4.69, 9.17) is 4.99 Å². The lowest BCUT2D eigenvalue weighted by Gasteiger charge is -2.33. The maximum Gasteiger partial charge on any atom is 0.169 e. The molecule has 0 N–H and O–H groups in total. The predicted octanol–water partition coefficient (Wildman–Crippen LogP) is 4.46. The van der Waals surface area contributed by atoms with Crippen LogP contribution in [0.4, 0.5) is 0 Å². The second kappa shape index (κ2) is 4.75. The van der Waals surface area contributed by atoms with E-state index in [1.54, 1.807) is 11.8 Å². The summed E-state index contributed by atoms with van der Waals surface area (Å²) in [6.45, 7) is 0. The molecule has 0 saturated carbocycles. The monoisotopic (exact) mass is 304 g/mol. The molecule has 3 aliphatic rings. The molecule has 22 heavy (non-hydrogen) atoms. The molecule has 0 spiro atoms. The largest absolute Gasteiger partial charge is 0.314 e. The molecule has 2 aliphatic heterocycles.